The third-order valence-electron chi connectivity index (χ3n) is 2.28. The molecule has 3 N–H and O–H groups in total. The standard InChI is InChI=1S/C12H8Cl3N3O/c13-7-1-2-17-10(5-7)18-12(19)6-3-8(14)11(15)9(16)4-6/h1-5H,16H2,(H,17,18,19). The highest BCUT2D eigenvalue weighted by Gasteiger charge is 2.12. The molecule has 7 heteroatoms. The first-order chi connectivity index (χ1) is 8.97. The highest BCUT2D eigenvalue weighted by Crippen LogP contribution is 2.29. The molecule has 2 aromatic rings. The largest absolute Gasteiger partial charge is 0.397 e. The van der Waals surface area contributed by atoms with Crippen LogP contribution in [0.3, 0.4) is 0 Å². The number of nitrogen functional groups attached to an aromatic ring is 1. The van der Waals surface area contributed by atoms with Crippen molar-refractivity contribution in [2.45, 2.75) is 0 Å². The Morgan fingerprint density at radius 1 is 1.21 bits per heavy atom. The summed E-state index contributed by atoms with van der Waals surface area (Å²) in [6, 6.07) is 6.00. The summed E-state index contributed by atoms with van der Waals surface area (Å²) < 4.78 is 0. The number of rotatable bonds is 2. The third kappa shape index (κ3) is 3.29. The lowest BCUT2D eigenvalue weighted by atomic mass is 10.2. The van der Waals surface area contributed by atoms with E-state index in [-0.39, 0.29) is 21.3 Å². The topological polar surface area (TPSA) is 68.0 Å². The van der Waals surface area contributed by atoms with Crippen LogP contribution >= 0.6 is 34.8 Å². The number of anilines is 2. The lowest BCUT2D eigenvalue weighted by molar-refractivity contribution is 0.102. The molecule has 0 fully saturated rings. The van der Waals surface area contributed by atoms with Crippen molar-refractivity contribution in [2.75, 3.05) is 11.1 Å². The number of hydrogen-bond donors (Lipinski definition) is 2. The second-order valence-corrected chi connectivity index (χ2v) is 4.90. The first kappa shape index (κ1) is 13.9. The van der Waals surface area contributed by atoms with E-state index in [0.717, 1.165) is 0 Å². The van der Waals surface area contributed by atoms with Crippen molar-refractivity contribution in [3.8, 4) is 0 Å². The molecule has 98 valence electrons. The van der Waals surface area contributed by atoms with Gasteiger partial charge in [-0.1, -0.05) is 34.8 Å². The minimum atomic E-state index is -0.403. The zero-order valence-electron chi connectivity index (χ0n) is 9.45. The molecule has 0 aliphatic heterocycles. The van der Waals surface area contributed by atoms with E-state index in [4.69, 9.17) is 40.5 Å². The maximum atomic E-state index is 12.0. The van der Waals surface area contributed by atoms with Crippen molar-refractivity contribution < 1.29 is 4.79 Å². The molecule has 4 nitrogen and oxygen atoms in total. The SMILES string of the molecule is Nc1cc(C(=O)Nc2cc(Cl)ccn2)cc(Cl)c1Cl. The number of carbonyl (C=O) groups is 1. The van der Waals surface area contributed by atoms with Crippen LogP contribution in [0.1, 0.15) is 10.4 Å². The van der Waals surface area contributed by atoms with Crippen LogP contribution in [0.25, 0.3) is 0 Å². The average Bonchev–Trinajstić information content (AvgIpc) is 2.35. The summed E-state index contributed by atoms with van der Waals surface area (Å²) in [5.74, 6) is -0.0674. The fraction of sp³-hybridized carbons (Fsp3) is 0. The van der Waals surface area contributed by atoms with Crippen LogP contribution in [-0.4, -0.2) is 10.9 Å². The van der Waals surface area contributed by atoms with E-state index in [1.165, 1.54) is 24.4 Å². The van der Waals surface area contributed by atoms with Crippen molar-refractivity contribution in [3.05, 3.63) is 51.1 Å². The Morgan fingerprint density at radius 2 is 1.95 bits per heavy atom. The Balaban J connectivity index is 2.25. The Labute approximate surface area is 124 Å². The van der Waals surface area contributed by atoms with E-state index in [0.29, 0.717) is 10.8 Å². The van der Waals surface area contributed by atoms with E-state index in [9.17, 15) is 4.79 Å². The molecule has 1 aromatic heterocycles. The summed E-state index contributed by atoms with van der Waals surface area (Å²) in [6.45, 7) is 0. The van der Waals surface area contributed by atoms with Gasteiger partial charge in [0.05, 0.1) is 15.7 Å². The first-order valence-electron chi connectivity index (χ1n) is 5.15. The van der Waals surface area contributed by atoms with Gasteiger partial charge in [-0.3, -0.25) is 4.79 Å². The van der Waals surface area contributed by atoms with Crippen molar-refractivity contribution in [2.24, 2.45) is 0 Å². The quantitative estimate of drug-likeness (QED) is 0.826. The van der Waals surface area contributed by atoms with Gasteiger partial charge in [0.15, 0.2) is 0 Å². The van der Waals surface area contributed by atoms with Gasteiger partial charge in [-0.15, -0.1) is 0 Å². The van der Waals surface area contributed by atoms with Gasteiger partial charge in [0.2, 0.25) is 0 Å². The monoisotopic (exact) mass is 315 g/mol. The molecule has 0 saturated carbocycles. The summed E-state index contributed by atoms with van der Waals surface area (Å²) >= 11 is 17.5. The number of benzene rings is 1. The van der Waals surface area contributed by atoms with Gasteiger partial charge in [-0.25, -0.2) is 4.98 Å². The highest BCUT2D eigenvalue weighted by molar-refractivity contribution is 6.44. The molecular formula is C12H8Cl3N3O. The Hall–Kier alpha value is -1.49. The van der Waals surface area contributed by atoms with Crippen LogP contribution in [0, 0.1) is 0 Å². The Morgan fingerprint density at radius 3 is 2.58 bits per heavy atom. The number of halogens is 3. The van der Waals surface area contributed by atoms with Crippen LogP contribution < -0.4 is 11.1 Å². The van der Waals surface area contributed by atoms with Crippen molar-refractivity contribution >= 4 is 52.2 Å². The minimum Gasteiger partial charge on any atom is -0.397 e. The van der Waals surface area contributed by atoms with E-state index in [2.05, 4.69) is 10.3 Å². The minimum absolute atomic E-state index is 0.214. The molecule has 0 atom stereocenters. The lowest BCUT2D eigenvalue weighted by Gasteiger charge is -2.07. The van der Waals surface area contributed by atoms with Crippen molar-refractivity contribution in [1.82, 2.24) is 4.98 Å². The van der Waals surface area contributed by atoms with Gasteiger partial charge in [0, 0.05) is 16.8 Å². The summed E-state index contributed by atoms with van der Waals surface area (Å²) in [4.78, 5) is 16.0. The smallest absolute Gasteiger partial charge is 0.256 e. The molecule has 0 bridgehead atoms. The van der Waals surface area contributed by atoms with Crippen molar-refractivity contribution in [1.29, 1.82) is 0 Å². The van der Waals surface area contributed by atoms with Crippen LogP contribution in [-0.2, 0) is 0 Å². The predicted octanol–water partition coefficient (Wildman–Crippen LogP) is 3.88. The third-order valence-corrected chi connectivity index (χ3v) is 3.33. The van der Waals surface area contributed by atoms with Crippen LogP contribution in [0.15, 0.2) is 30.5 Å². The number of hydrogen-bond acceptors (Lipinski definition) is 3. The number of nitrogens with zero attached hydrogens (tertiary/aromatic N) is 1. The van der Waals surface area contributed by atoms with E-state index < -0.39 is 5.91 Å². The van der Waals surface area contributed by atoms with Gasteiger partial charge in [0.1, 0.15) is 5.82 Å². The lowest BCUT2D eigenvalue weighted by Crippen LogP contribution is -2.13. The number of nitrogens with one attached hydrogen (secondary N) is 1. The molecule has 1 amide bonds. The molecular weight excluding hydrogens is 309 g/mol. The Bertz CT molecular complexity index is 623. The number of amides is 1. The summed E-state index contributed by atoms with van der Waals surface area (Å²) in [6.07, 6.45) is 1.49. The zero-order valence-corrected chi connectivity index (χ0v) is 11.7. The normalized spacial score (nSPS) is 10.3. The second-order valence-electron chi connectivity index (χ2n) is 3.67. The molecule has 0 radical (unpaired) electrons. The maximum Gasteiger partial charge on any atom is 0.256 e. The van der Waals surface area contributed by atoms with Crippen LogP contribution in [0.4, 0.5) is 11.5 Å². The summed E-state index contributed by atoms with van der Waals surface area (Å²) in [5.41, 5.74) is 6.16. The van der Waals surface area contributed by atoms with Crippen LogP contribution in [0.2, 0.25) is 15.1 Å². The zero-order chi connectivity index (χ0) is 14.0. The molecule has 0 aliphatic rings. The number of nitrogens with two attached hydrogens (primary N) is 1. The number of aromatic nitrogens is 1. The average molecular weight is 317 g/mol. The van der Waals surface area contributed by atoms with Gasteiger partial charge in [-0.2, -0.15) is 0 Å². The molecule has 0 aliphatic carbocycles. The maximum absolute atomic E-state index is 12.0. The van der Waals surface area contributed by atoms with Gasteiger partial charge in [0.25, 0.3) is 5.91 Å². The van der Waals surface area contributed by atoms with Crippen molar-refractivity contribution in [3.63, 3.8) is 0 Å². The molecule has 1 heterocycles. The van der Waals surface area contributed by atoms with E-state index in [1.54, 1.807) is 6.07 Å². The predicted molar refractivity (Wildman–Crippen MR) is 78.1 cm³/mol. The first-order valence-corrected chi connectivity index (χ1v) is 6.28. The Kier molecular flexibility index (Phi) is 4.14. The van der Waals surface area contributed by atoms with E-state index in [1.807, 2.05) is 0 Å². The highest BCUT2D eigenvalue weighted by atomic mass is 35.5. The molecule has 1 aromatic carbocycles. The second kappa shape index (κ2) is 5.65. The van der Waals surface area contributed by atoms with Gasteiger partial charge >= 0.3 is 0 Å². The molecule has 0 saturated heterocycles. The van der Waals surface area contributed by atoms with Crippen LogP contribution in [0.5, 0.6) is 0 Å². The number of carbonyl (C=O) groups excluding carboxylic acids is 1. The van der Waals surface area contributed by atoms with E-state index >= 15 is 0 Å². The number of pyridine rings is 1. The molecule has 19 heavy (non-hydrogen) atoms. The van der Waals surface area contributed by atoms with Gasteiger partial charge in [-0.05, 0) is 24.3 Å². The molecule has 0 unspecified atom stereocenters. The molecule has 0 spiro atoms. The fourth-order valence-electron chi connectivity index (χ4n) is 1.40. The molecule has 2 rings (SSSR count). The summed E-state index contributed by atoms with van der Waals surface area (Å²) in [7, 11) is 0. The van der Waals surface area contributed by atoms with Gasteiger partial charge < -0.3 is 11.1 Å². The summed E-state index contributed by atoms with van der Waals surface area (Å²) in [5, 5.41) is 3.49. The fourth-order valence-corrected chi connectivity index (χ4v) is 1.90.